The summed E-state index contributed by atoms with van der Waals surface area (Å²) in [6.07, 6.45) is -1.29. The SMILES string of the molecule is CC(O)C(=O)OCC(=O)[O-].[Na+]. The number of carbonyl (C=O) groups is 2. The number of aliphatic hydroxyl groups excluding tert-OH is 1. The van der Waals surface area contributed by atoms with Gasteiger partial charge < -0.3 is 19.7 Å². The molecule has 1 atom stereocenters. The van der Waals surface area contributed by atoms with Crippen LogP contribution in [0, 0.1) is 0 Å². The Morgan fingerprint density at radius 3 is 2.36 bits per heavy atom. The molecule has 0 aromatic carbocycles. The van der Waals surface area contributed by atoms with Gasteiger partial charge in [-0.15, -0.1) is 0 Å². The fraction of sp³-hybridized carbons (Fsp3) is 0.600. The van der Waals surface area contributed by atoms with Gasteiger partial charge in [0.05, 0.1) is 5.97 Å². The number of carboxylic acid groups (broad SMARTS) is 1. The second-order valence-corrected chi connectivity index (χ2v) is 1.66. The van der Waals surface area contributed by atoms with Crippen molar-refractivity contribution in [1.82, 2.24) is 0 Å². The van der Waals surface area contributed by atoms with Gasteiger partial charge in [0.25, 0.3) is 0 Å². The fourth-order valence-corrected chi connectivity index (χ4v) is 0.251. The number of hydrogen-bond acceptors (Lipinski definition) is 5. The Morgan fingerprint density at radius 2 is 2.09 bits per heavy atom. The Kier molecular flexibility index (Phi) is 8.09. The summed E-state index contributed by atoms with van der Waals surface area (Å²) < 4.78 is 4.01. The molecule has 1 N–H and O–H groups in total. The van der Waals surface area contributed by atoms with Gasteiger partial charge in [0, 0.05) is 0 Å². The zero-order chi connectivity index (χ0) is 8.15. The van der Waals surface area contributed by atoms with Crippen LogP contribution in [0.4, 0.5) is 0 Å². The summed E-state index contributed by atoms with van der Waals surface area (Å²) in [6.45, 7) is 0.362. The topological polar surface area (TPSA) is 86.7 Å². The Hall–Kier alpha value is -0.100. The zero-order valence-corrected chi connectivity index (χ0v) is 8.36. The first-order valence-corrected chi connectivity index (χ1v) is 2.58. The summed E-state index contributed by atoms with van der Waals surface area (Å²) in [5, 5.41) is 18.1. The van der Waals surface area contributed by atoms with Gasteiger partial charge >= 0.3 is 35.5 Å². The average Bonchev–Trinajstić information content (AvgIpc) is 1.82. The van der Waals surface area contributed by atoms with Crippen molar-refractivity contribution in [2.75, 3.05) is 6.61 Å². The molecule has 0 aromatic rings. The van der Waals surface area contributed by atoms with Crippen LogP contribution in [0.2, 0.25) is 0 Å². The normalized spacial score (nSPS) is 11.1. The number of hydrogen-bond donors (Lipinski definition) is 1. The Balaban J connectivity index is 0. The van der Waals surface area contributed by atoms with Crippen molar-refractivity contribution in [1.29, 1.82) is 0 Å². The number of carbonyl (C=O) groups excluding carboxylic acids is 2. The van der Waals surface area contributed by atoms with Crippen LogP contribution in [0.5, 0.6) is 0 Å². The molecule has 1 unspecified atom stereocenters. The number of aliphatic hydroxyl groups is 1. The van der Waals surface area contributed by atoms with E-state index >= 15 is 0 Å². The second kappa shape index (κ2) is 6.60. The molecule has 6 heteroatoms. The van der Waals surface area contributed by atoms with Crippen LogP contribution >= 0.6 is 0 Å². The van der Waals surface area contributed by atoms with E-state index in [0.717, 1.165) is 0 Å². The molecule has 0 fully saturated rings. The fourth-order valence-electron chi connectivity index (χ4n) is 0.251. The molecule has 0 saturated heterocycles. The van der Waals surface area contributed by atoms with Crippen LogP contribution in [0.15, 0.2) is 0 Å². The zero-order valence-electron chi connectivity index (χ0n) is 6.36. The van der Waals surface area contributed by atoms with E-state index < -0.39 is 24.6 Å². The first-order chi connectivity index (χ1) is 4.54. The van der Waals surface area contributed by atoms with Crippen molar-refractivity contribution in [3.8, 4) is 0 Å². The van der Waals surface area contributed by atoms with E-state index in [1.807, 2.05) is 0 Å². The van der Waals surface area contributed by atoms with Gasteiger partial charge in [-0.25, -0.2) is 4.79 Å². The molecule has 0 aliphatic heterocycles. The monoisotopic (exact) mass is 170 g/mol. The van der Waals surface area contributed by atoms with Gasteiger partial charge in [0.1, 0.15) is 12.7 Å². The molecule has 0 spiro atoms. The first-order valence-electron chi connectivity index (χ1n) is 2.58. The van der Waals surface area contributed by atoms with Crippen LogP contribution in [0.3, 0.4) is 0 Å². The number of rotatable bonds is 3. The molecule has 0 aliphatic carbocycles. The van der Waals surface area contributed by atoms with Crippen LogP contribution in [-0.2, 0) is 14.3 Å². The van der Waals surface area contributed by atoms with E-state index in [1.54, 1.807) is 0 Å². The Labute approximate surface area is 85.6 Å². The molecular formula is C5H7NaO5. The molecule has 0 saturated carbocycles. The standard InChI is InChI=1S/C5H8O5.Na/c1-3(6)5(9)10-2-4(7)8;/h3,6H,2H2,1H3,(H,7,8);/q;+1/p-1. The van der Waals surface area contributed by atoms with Gasteiger partial charge in [0.15, 0.2) is 0 Å². The molecule has 5 nitrogen and oxygen atoms in total. The summed E-state index contributed by atoms with van der Waals surface area (Å²) in [5.74, 6) is -2.46. The number of ether oxygens (including phenoxy) is 1. The minimum atomic E-state index is -1.49. The third-order valence-electron chi connectivity index (χ3n) is 0.673. The van der Waals surface area contributed by atoms with Gasteiger partial charge in [-0.05, 0) is 6.92 Å². The largest absolute Gasteiger partial charge is 1.00 e. The Bertz CT molecular complexity index is 144. The smallest absolute Gasteiger partial charge is 0.546 e. The minimum absolute atomic E-state index is 0. The van der Waals surface area contributed by atoms with E-state index in [9.17, 15) is 14.7 Å². The molecule has 0 rings (SSSR count). The first kappa shape index (κ1) is 13.5. The minimum Gasteiger partial charge on any atom is -0.546 e. The molecule has 0 radical (unpaired) electrons. The molecular weight excluding hydrogens is 163 g/mol. The maximum Gasteiger partial charge on any atom is 1.00 e. The van der Waals surface area contributed by atoms with E-state index in [0.29, 0.717) is 0 Å². The van der Waals surface area contributed by atoms with Gasteiger partial charge in [0.2, 0.25) is 0 Å². The molecule has 0 amide bonds. The summed E-state index contributed by atoms with van der Waals surface area (Å²) in [4.78, 5) is 19.9. The molecule has 0 aromatic heterocycles. The number of carboxylic acids is 1. The Morgan fingerprint density at radius 1 is 1.64 bits per heavy atom. The molecule has 0 aliphatic rings. The maximum absolute atomic E-state index is 10.3. The molecule has 0 bridgehead atoms. The maximum atomic E-state index is 10.3. The van der Waals surface area contributed by atoms with Crippen molar-refractivity contribution in [3.05, 3.63) is 0 Å². The summed E-state index contributed by atoms with van der Waals surface area (Å²) in [5.41, 5.74) is 0. The van der Waals surface area contributed by atoms with E-state index in [2.05, 4.69) is 4.74 Å². The van der Waals surface area contributed by atoms with E-state index in [4.69, 9.17) is 5.11 Å². The van der Waals surface area contributed by atoms with Crippen LogP contribution in [0.25, 0.3) is 0 Å². The summed E-state index contributed by atoms with van der Waals surface area (Å²) in [6, 6.07) is 0. The van der Waals surface area contributed by atoms with Gasteiger partial charge in [-0.1, -0.05) is 0 Å². The van der Waals surface area contributed by atoms with Crippen LogP contribution in [-0.4, -0.2) is 29.8 Å². The van der Waals surface area contributed by atoms with Gasteiger partial charge in [-0.3, -0.25) is 0 Å². The van der Waals surface area contributed by atoms with E-state index in [1.165, 1.54) is 6.92 Å². The third kappa shape index (κ3) is 7.80. The van der Waals surface area contributed by atoms with Crippen LogP contribution < -0.4 is 34.7 Å². The quantitative estimate of drug-likeness (QED) is 0.337. The van der Waals surface area contributed by atoms with Crippen molar-refractivity contribution in [3.63, 3.8) is 0 Å². The van der Waals surface area contributed by atoms with Crippen molar-refractivity contribution >= 4 is 11.9 Å². The predicted molar refractivity (Wildman–Crippen MR) is 27.6 cm³/mol. The second-order valence-electron chi connectivity index (χ2n) is 1.66. The molecule has 58 valence electrons. The van der Waals surface area contributed by atoms with Crippen molar-refractivity contribution in [2.45, 2.75) is 13.0 Å². The van der Waals surface area contributed by atoms with Gasteiger partial charge in [-0.2, -0.15) is 0 Å². The van der Waals surface area contributed by atoms with Crippen molar-refractivity contribution < 1.29 is 54.1 Å². The van der Waals surface area contributed by atoms with E-state index in [-0.39, 0.29) is 29.6 Å². The molecule has 0 heterocycles. The number of aliphatic carboxylic acids is 1. The summed E-state index contributed by atoms with van der Waals surface area (Å²) in [7, 11) is 0. The van der Waals surface area contributed by atoms with Crippen LogP contribution in [0.1, 0.15) is 6.92 Å². The average molecular weight is 170 g/mol. The summed E-state index contributed by atoms with van der Waals surface area (Å²) >= 11 is 0. The van der Waals surface area contributed by atoms with Crippen molar-refractivity contribution in [2.24, 2.45) is 0 Å². The number of esters is 1. The third-order valence-corrected chi connectivity index (χ3v) is 0.673. The molecule has 11 heavy (non-hydrogen) atoms. The predicted octanol–water partition coefficient (Wildman–Crippen LogP) is -5.34.